The molecule has 1 heterocycles. The first kappa shape index (κ1) is 17.7. The predicted octanol–water partition coefficient (Wildman–Crippen LogP) is 3.55. The summed E-state index contributed by atoms with van der Waals surface area (Å²) in [5, 5.41) is 5.52. The highest BCUT2D eigenvalue weighted by Gasteiger charge is 2.31. The molecule has 0 saturated carbocycles. The Balaban J connectivity index is 1.69. The SMILES string of the molecule is NC[C@H]1CC[C@@H](C(=O)NC(c2ccccc2)c2cccc3ccccc23)O1. The molecular weight excluding hydrogens is 336 g/mol. The van der Waals surface area contributed by atoms with E-state index in [4.69, 9.17) is 10.5 Å². The lowest BCUT2D eigenvalue weighted by molar-refractivity contribution is -0.132. The molecule has 0 spiro atoms. The zero-order valence-electron chi connectivity index (χ0n) is 15.2. The monoisotopic (exact) mass is 360 g/mol. The molecule has 1 aliphatic heterocycles. The van der Waals surface area contributed by atoms with Gasteiger partial charge in [-0.1, -0.05) is 72.8 Å². The van der Waals surface area contributed by atoms with Gasteiger partial charge in [-0.2, -0.15) is 0 Å². The van der Waals surface area contributed by atoms with Gasteiger partial charge in [0.25, 0.3) is 0 Å². The highest BCUT2D eigenvalue weighted by atomic mass is 16.5. The van der Waals surface area contributed by atoms with Crippen molar-refractivity contribution in [1.29, 1.82) is 0 Å². The highest BCUT2D eigenvalue weighted by molar-refractivity contribution is 5.88. The molecule has 27 heavy (non-hydrogen) atoms. The Morgan fingerprint density at radius 3 is 2.52 bits per heavy atom. The van der Waals surface area contributed by atoms with E-state index in [9.17, 15) is 4.79 Å². The van der Waals surface area contributed by atoms with Crippen molar-refractivity contribution in [1.82, 2.24) is 5.32 Å². The molecule has 1 aliphatic rings. The van der Waals surface area contributed by atoms with Gasteiger partial charge in [-0.25, -0.2) is 0 Å². The number of hydrogen-bond donors (Lipinski definition) is 2. The van der Waals surface area contributed by atoms with Gasteiger partial charge in [-0.15, -0.1) is 0 Å². The maximum atomic E-state index is 12.9. The van der Waals surface area contributed by atoms with Gasteiger partial charge >= 0.3 is 0 Å². The lowest BCUT2D eigenvalue weighted by Gasteiger charge is -2.23. The van der Waals surface area contributed by atoms with Crippen molar-refractivity contribution < 1.29 is 9.53 Å². The second-order valence-electron chi connectivity index (χ2n) is 6.98. The Kier molecular flexibility index (Phi) is 5.19. The van der Waals surface area contributed by atoms with E-state index in [2.05, 4.69) is 29.6 Å². The van der Waals surface area contributed by atoms with Gasteiger partial charge in [0.15, 0.2) is 0 Å². The van der Waals surface area contributed by atoms with E-state index in [0.717, 1.165) is 28.3 Å². The van der Waals surface area contributed by atoms with Crippen LogP contribution >= 0.6 is 0 Å². The van der Waals surface area contributed by atoms with Crippen LogP contribution < -0.4 is 11.1 Å². The summed E-state index contributed by atoms with van der Waals surface area (Å²) < 4.78 is 5.80. The smallest absolute Gasteiger partial charge is 0.249 e. The maximum absolute atomic E-state index is 12.9. The van der Waals surface area contributed by atoms with Crippen molar-refractivity contribution in [2.45, 2.75) is 31.1 Å². The summed E-state index contributed by atoms with van der Waals surface area (Å²) in [5.74, 6) is -0.0762. The first-order chi connectivity index (χ1) is 13.3. The van der Waals surface area contributed by atoms with Crippen LogP contribution in [0.1, 0.15) is 30.0 Å². The molecule has 3 N–H and O–H groups in total. The van der Waals surface area contributed by atoms with Crippen LogP contribution in [0, 0.1) is 0 Å². The van der Waals surface area contributed by atoms with E-state index in [0.29, 0.717) is 13.0 Å². The average Bonchev–Trinajstić information content (AvgIpc) is 3.22. The van der Waals surface area contributed by atoms with Gasteiger partial charge in [0.2, 0.25) is 5.91 Å². The molecule has 3 atom stereocenters. The van der Waals surface area contributed by atoms with Crippen LogP contribution in [0.2, 0.25) is 0 Å². The second kappa shape index (κ2) is 7.91. The van der Waals surface area contributed by atoms with E-state index >= 15 is 0 Å². The van der Waals surface area contributed by atoms with E-state index in [1.54, 1.807) is 0 Å². The largest absolute Gasteiger partial charge is 0.364 e. The number of carbonyl (C=O) groups excluding carboxylic acids is 1. The van der Waals surface area contributed by atoms with Crippen LogP contribution in [-0.4, -0.2) is 24.7 Å². The molecule has 4 nitrogen and oxygen atoms in total. The van der Waals surface area contributed by atoms with Gasteiger partial charge in [-0.3, -0.25) is 4.79 Å². The first-order valence-corrected chi connectivity index (χ1v) is 9.45. The zero-order valence-corrected chi connectivity index (χ0v) is 15.2. The molecule has 1 amide bonds. The molecular formula is C23H24N2O2. The van der Waals surface area contributed by atoms with Crippen molar-refractivity contribution in [3.63, 3.8) is 0 Å². The van der Waals surface area contributed by atoms with Crippen molar-refractivity contribution in [3.8, 4) is 0 Å². The molecule has 1 unspecified atom stereocenters. The number of benzene rings is 3. The number of fused-ring (bicyclic) bond motifs is 1. The van der Waals surface area contributed by atoms with Gasteiger partial charge in [0.05, 0.1) is 12.1 Å². The predicted molar refractivity (Wildman–Crippen MR) is 107 cm³/mol. The summed E-state index contributed by atoms with van der Waals surface area (Å²) in [6, 6.07) is 24.3. The Morgan fingerprint density at radius 2 is 1.74 bits per heavy atom. The van der Waals surface area contributed by atoms with Gasteiger partial charge in [0.1, 0.15) is 6.10 Å². The molecule has 0 bridgehead atoms. The van der Waals surface area contributed by atoms with Crippen LogP contribution in [0.5, 0.6) is 0 Å². The molecule has 138 valence electrons. The molecule has 4 rings (SSSR count). The molecule has 3 aromatic rings. The van der Waals surface area contributed by atoms with Crippen molar-refractivity contribution >= 4 is 16.7 Å². The Hall–Kier alpha value is -2.69. The fourth-order valence-electron chi connectivity index (χ4n) is 3.80. The van der Waals surface area contributed by atoms with Gasteiger partial charge in [0, 0.05) is 6.54 Å². The summed E-state index contributed by atoms with van der Waals surface area (Å²) in [6.07, 6.45) is 1.09. The van der Waals surface area contributed by atoms with Crippen molar-refractivity contribution in [2.24, 2.45) is 5.73 Å². The average molecular weight is 360 g/mol. The van der Waals surface area contributed by atoms with Crippen LogP contribution in [0.25, 0.3) is 10.8 Å². The number of amides is 1. The minimum atomic E-state index is -0.431. The lowest BCUT2D eigenvalue weighted by Crippen LogP contribution is -2.38. The second-order valence-corrected chi connectivity index (χ2v) is 6.98. The zero-order chi connectivity index (χ0) is 18.6. The third-order valence-corrected chi connectivity index (χ3v) is 5.22. The topological polar surface area (TPSA) is 64.4 Å². The lowest BCUT2D eigenvalue weighted by atomic mass is 9.93. The number of ether oxygens (including phenoxy) is 1. The number of hydrogen-bond acceptors (Lipinski definition) is 3. The molecule has 1 fully saturated rings. The van der Waals surface area contributed by atoms with Crippen LogP contribution in [0.4, 0.5) is 0 Å². The Labute approximate surface area is 159 Å². The van der Waals surface area contributed by atoms with Crippen LogP contribution in [0.3, 0.4) is 0 Å². The summed E-state index contributed by atoms with van der Waals surface area (Å²) in [4.78, 5) is 12.9. The normalized spacial score (nSPS) is 20.5. The molecule has 4 heteroatoms. The number of nitrogens with two attached hydrogens (primary N) is 1. The van der Waals surface area contributed by atoms with Crippen molar-refractivity contribution in [2.75, 3.05) is 6.54 Å². The van der Waals surface area contributed by atoms with E-state index < -0.39 is 6.10 Å². The minimum Gasteiger partial charge on any atom is -0.364 e. The molecule has 3 aromatic carbocycles. The third kappa shape index (κ3) is 3.72. The molecule has 0 radical (unpaired) electrons. The summed E-state index contributed by atoms with van der Waals surface area (Å²) in [7, 11) is 0. The molecule has 0 aromatic heterocycles. The van der Waals surface area contributed by atoms with E-state index in [1.165, 1.54) is 0 Å². The fraction of sp³-hybridized carbons (Fsp3) is 0.261. The fourth-order valence-corrected chi connectivity index (χ4v) is 3.80. The molecule has 0 aliphatic carbocycles. The standard InChI is InChI=1S/C23H24N2O2/c24-15-18-13-14-21(27-18)23(26)25-22(17-8-2-1-3-9-17)20-12-6-10-16-7-4-5-11-19(16)20/h1-12,18,21-22H,13-15,24H2,(H,25,26)/t18-,21+,22?/m1/s1. The van der Waals surface area contributed by atoms with Crippen LogP contribution in [-0.2, 0) is 9.53 Å². The van der Waals surface area contributed by atoms with Crippen molar-refractivity contribution in [3.05, 3.63) is 83.9 Å². The summed E-state index contributed by atoms with van der Waals surface area (Å²) in [5.41, 5.74) is 7.82. The minimum absolute atomic E-state index is 0.0199. The third-order valence-electron chi connectivity index (χ3n) is 5.22. The van der Waals surface area contributed by atoms with E-state index in [1.807, 2.05) is 48.5 Å². The Morgan fingerprint density at radius 1 is 1.00 bits per heavy atom. The Bertz CT molecular complexity index is 921. The first-order valence-electron chi connectivity index (χ1n) is 9.45. The van der Waals surface area contributed by atoms with Crippen LogP contribution in [0.15, 0.2) is 72.8 Å². The maximum Gasteiger partial charge on any atom is 0.249 e. The summed E-state index contributed by atoms with van der Waals surface area (Å²) in [6.45, 7) is 0.454. The number of nitrogens with one attached hydrogen (secondary N) is 1. The number of carbonyl (C=O) groups is 1. The van der Waals surface area contributed by atoms with E-state index in [-0.39, 0.29) is 18.1 Å². The summed E-state index contributed by atoms with van der Waals surface area (Å²) >= 11 is 0. The molecule has 1 saturated heterocycles. The highest BCUT2D eigenvalue weighted by Crippen LogP contribution is 2.30. The van der Waals surface area contributed by atoms with Gasteiger partial charge < -0.3 is 15.8 Å². The van der Waals surface area contributed by atoms with Gasteiger partial charge in [-0.05, 0) is 34.7 Å². The number of rotatable bonds is 5. The quantitative estimate of drug-likeness (QED) is 0.731.